The molecule has 0 radical (unpaired) electrons. The van der Waals surface area contributed by atoms with Gasteiger partial charge in [-0.05, 0) is 39.8 Å². The molecule has 21 heavy (non-hydrogen) atoms. The fourth-order valence-corrected chi connectivity index (χ4v) is 3.28. The van der Waals surface area contributed by atoms with Crippen LogP contribution in [0, 0.1) is 0 Å². The molecule has 1 unspecified atom stereocenters. The zero-order valence-electron chi connectivity index (χ0n) is 14.0. The average Bonchev–Trinajstić information content (AvgIpc) is 2.49. The van der Waals surface area contributed by atoms with Crippen LogP contribution in [0.3, 0.4) is 0 Å². The van der Waals surface area contributed by atoms with Crippen LogP contribution in [0.25, 0.3) is 0 Å². The molecule has 0 spiro atoms. The minimum absolute atomic E-state index is 0.393. The number of nitrogens with two attached hydrogens (primary N) is 1. The summed E-state index contributed by atoms with van der Waals surface area (Å²) in [6.07, 6.45) is 2.79. The van der Waals surface area contributed by atoms with Crippen LogP contribution in [0.1, 0.15) is 26.7 Å². The Hall–Kier alpha value is -0.200. The normalized spacial score (nSPS) is 26.6. The van der Waals surface area contributed by atoms with Gasteiger partial charge in [-0.2, -0.15) is 0 Å². The molecule has 5 heteroatoms. The molecule has 2 fully saturated rings. The van der Waals surface area contributed by atoms with E-state index in [0.29, 0.717) is 12.1 Å². The van der Waals surface area contributed by atoms with Gasteiger partial charge in [0.15, 0.2) is 0 Å². The molecular weight excluding hydrogens is 264 g/mol. The number of unbranched alkanes of at least 4 members (excludes halogenated alkanes) is 1. The Morgan fingerprint density at radius 3 is 2.43 bits per heavy atom. The van der Waals surface area contributed by atoms with Crippen molar-refractivity contribution in [2.45, 2.75) is 38.8 Å². The van der Waals surface area contributed by atoms with E-state index in [1.807, 2.05) is 0 Å². The summed E-state index contributed by atoms with van der Waals surface area (Å²) in [7, 11) is 0. The van der Waals surface area contributed by atoms with E-state index < -0.39 is 0 Å². The molecule has 2 N–H and O–H groups in total. The number of morpholine rings is 1. The molecule has 1 atom stereocenters. The number of piperazine rings is 1. The second-order valence-electron chi connectivity index (χ2n) is 6.72. The van der Waals surface area contributed by atoms with E-state index in [1.165, 1.54) is 39.1 Å². The highest BCUT2D eigenvalue weighted by Crippen LogP contribution is 2.12. The van der Waals surface area contributed by atoms with E-state index in [1.54, 1.807) is 0 Å². The fraction of sp³-hybridized carbons (Fsp3) is 1.00. The zero-order chi connectivity index (χ0) is 15.1. The molecule has 2 aliphatic heterocycles. The number of hydrogen-bond donors (Lipinski definition) is 1. The third-order valence-electron chi connectivity index (χ3n) is 4.76. The van der Waals surface area contributed by atoms with Gasteiger partial charge >= 0.3 is 0 Å². The van der Waals surface area contributed by atoms with Gasteiger partial charge in [0.1, 0.15) is 0 Å². The summed E-state index contributed by atoms with van der Waals surface area (Å²) in [5.41, 5.74) is 5.56. The first-order valence-electron chi connectivity index (χ1n) is 8.69. The number of ether oxygens (including phenoxy) is 1. The molecule has 2 saturated heterocycles. The largest absolute Gasteiger partial charge is 0.374 e. The Balaban J connectivity index is 1.64. The predicted molar refractivity (Wildman–Crippen MR) is 87.6 cm³/mol. The van der Waals surface area contributed by atoms with Gasteiger partial charge in [0, 0.05) is 51.9 Å². The second-order valence-corrected chi connectivity index (χ2v) is 6.72. The smallest absolute Gasteiger partial charge is 0.0829 e. The highest BCUT2D eigenvalue weighted by molar-refractivity contribution is 4.79. The highest BCUT2D eigenvalue weighted by atomic mass is 16.5. The highest BCUT2D eigenvalue weighted by Gasteiger charge is 2.25. The maximum absolute atomic E-state index is 5.96. The number of nitrogens with zero attached hydrogens (tertiary/aromatic N) is 3. The minimum Gasteiger partial charge on any atom is -0.374 e. The average molecular weight is 298 g/mol. The quantitative estimate of drug-likeness (QED) is 0.692. The van der Waals surface area contributed by atoms with Crippen LogP contribution < -0.4 is 5.73 Å². The van der Waals surface area contributed by atoms with Crippen LogP contribution in [0.2, 0.25) is 0 Å². The van der Waals surface area contributed by atoms with Gasteiger partial charge in [-0.15, -0.1) is 0 Å². The summed E-state index contributed by atoms with van der Waals surface area (Å²) in [6.45, 7) is 15.5. The lowest BCUT2D eigenvalue weighted by Gasteiger charge is -2.40. The molecule has 0 aromatic carbocycles. The zero-order valence-corrected chi connectivity index (χ0v) is 14.0. The van der Waals surface area contributed by atoms with Crippen LogP contribution in [-0.4, -0.2) is 92.4 Å². The SMILES string of the molecule is CC(C)N1CCOC(CN2CCN(CCCCN)CC2)C1. The summed E-state index contributed by atoms with van der Waals surface area (Å²) in [5.74, 6) is 0. The molecule has 124 valence electrons. The third kappa shape index (κ3) is 5.83. The summed E-state index contributed by atoms with van der Waals surface area (Å²) in [4.78, 5) is 7.69. The summed E-state index contributed by atoms with van der Waals surface area (Å²) in [5, 5.41) is 0. The van der Waals surface area contributed by atoms with Crippen molar-refractivity contribution in [3.8, 4) is 0 Å². The molecule has 2 rings (SSSR count). The Morgan fingerprint density at radius 1 is 1.05 bits per heavy atom. The lowest BCUT2D eigenvalue weighted by molar-refractivity contribution is -0.0563. The van der Waals surface area contributed by atoms with Crippen LogP contribution in [0.5, 0.6) is 0 Å². The molecular formula is C16H34N4O. The van der Waals surface area contributed by atoms with Crippen molar-refractivity contribution in [1.29, 1.82) is 0 Å². The molecule has 5 nitrogen and oxygen atoms in total. The fourth-order valence-electron chi connectivity index (χ4n) is 3.28. The first kappa shape index (κ1) is 17.2. The molecule has 0 aromatic rings. The van der Waals surface area contributed by atoms with Gasteiger partial charge < -0.3 is 15.4 Å². The molecule has 0 saturated carbocycles. The van der Waals surface area contributed by atoms with Crippen LogP contribution >= 0.6 is 0 Å². The Morgan fingerprint density at radius 2 is 1.76 bits per heavy atom. The van der Waals surface area contributed by atoms with Crippen molar-refractivity contribution in [2.24, 2.45) is 5.73 Å². The van der Waals surface area contributed by atoms with Crippen molar-refractivity contribution in [3.63, 3.8) is 0 Å². The Kier molecular flexibility index (Phi) is 7.40. The van der Waals surface area contributed by atoms with Gasteiger partial charge in [-0.25, -0.2) is 0 Å². The van der Waals surface area contributed by atoms with Gasteiger partial charge in [-0.3, -0.25) is 9.80 Å². The van der Waals surface area contributed by atoms with Gasteiger partial charge in [0.2, 0.25) is 0 Å². The van der Waals surface area contributed by atoms with Gasteiger partial charge in [-0.1, -0.05) is 0 Å². The topological polar surface area (TPSA) is 45.0 Å². The van der Waals surface area contributed by atoms with E-state index >= 15 is 0 Å². The van der Waals surface area contributed by atoms with Crippen LogP contribution in [0.15, 0.2) is 0 Å². The summed E-state index contributed by atoms with van der Waals surface area (Å²) >= 11 is 0. The molecule has 0 aliphatic carbocycles. The van der Waals surface area contributed by atoms with Crippen molar-refractivity contribution >= 4 is 0 Å². The second kappa shape index (κ2) is 9.06. The molecule has 0 aromatic heterocycles. The maximum Gasteiger partial charge on any atom is 0.0829 e. The van der Waals surface area contributed by atoms with Crippen LogP contribution in [0.4, 0.5) is 0 Å². The molecule has 0 bridgehead atoms. The summed E-state index contributed by atoms with van der Waals surface area (Å²) in [6, 6.07) is 0.635. The molecule has 2 aliphatic rings. The Labute approximate surface area is 130 Å². The molecule has 0 amide bonds. The van der Waals surface area contributed by atoms with E-state index in [0.717, 1.165) is 39.2 Å². The van der Waals surface area contributed by atoms with Crippen molar-refractivity contribution in [3.05, 3.63) is 0 Å². The van der Waals surface area contributed by atoms with Crippen molar-refractivity contribution < 1.29 is 4.74 Å². The van der Waals surface area contributed by atoms with E-state index in [-0.39, 0.29) is 0 Å². The molecule has 2 heterocycles. The van der Waals surface area contributed by atoms with E-state index in [4.69, 9.17) is 10.5 Å². The predicted octanol–water partition coefficient (Wildman–Crippen LogP) is 0.452. The maximum atomic E-state index is 5.96. The number of hydrogen-bond acceptors (Lipinski definition) is 5. The van der Waals surface area contributed by atoms with Crippen molar-refractivity contribution in [2.75, 3.05) is 65.5 Å². The summed E-state index contributed by atoms with van der Waals surface area (Å²) < 4.78 is 5.96. The van der Waals surface area contributed by atoms with E-state index in [9.17, 15) is 0 Å². The van der Waals surface area contributed by atoms with Crippen molar-refractivity contribution in [1.82, 2.24) is 14.7 Å². The van der Waals surface area contributed by atoms with Gasteiger partial charge in [0.25, 0.3) is 0 Å². The monoisotopic (exact) mass is 298 g/mol. The minimum atomic E-state index is 0.393. The van der Waals surface area contributed by atoms with E-state index in [2.05, 4.69) is 28.5 Å². The lowest BCUT2D eigenvalue weighted by atomic mass is 10.2. The van der Waals surface area contributed by atoms with Gasteiger partial charge in [0.05, 0.1) is 12.7 Å². The third-order valence-corrected chi connectivity index (χ3v) is 4.76. The first-order chi connectivity index (χ1) is 10.2. The van der Waals surface area contributed by atoms with Crippen LogP contribution in [-0.2, 0) is 4.74 Å². The Bertz CT molecular complexity index is 279. The lowest BCUT2D eigenvalue weighted by Crippen LogP contribution is -2.53. The number of rotatable bonds is 7. The first-order valence-corrected chi connectivity index (χ1v) is 8.69. The standard InChI is InChI=1S/C16H34N4O/c1-15(2)20-11-12-21-16(14-20)13-19-9-7-18(8-10-19)6-4-3-5-17/h15-16H,3-14,17H2,1-2H3.